The van der Waals surface area contributed by atoms with Crippen LogP contribution in [0, 0.1) is 6.92 Å². The average molecular weight is 348 g/mol. The molecule has 0 radical (unpaired) electrons. The van der Waals surface area contributed by atoms with Crippen LogP contribution in [0.2, 0.25) is 0 Å². The van der Waals surface area contributed by atoms with Crippen molar-refractivity contribution in [2.45, 2.75) is 32.6 Å². The molecule has 26 heavy (non-hydrogen) atoms. The van der Waals surface area contributed by atoms with E-state index >= 15 is 0 Å². The van der Waals surface area contributed by atoms with Crippen molar-refractivity contribution in [2.75, 3.05) is 24.5 Å². The number of hydrogen-bond acceptors (Lipinski definition) is 2. The SMILES string of the molecule is Cc1ccc(C(=O)N2CCCc3cc(C(=O)N4CCCC4)ccc32)cc1. The lowest BCUT2D eigenvalue weighted by atomic mass is 9.98. The van der Waals surface area contributed by atoms with Crippen molar-refractivity contribution in [1.82, 2.24) is 4.90 Å². The van der Waals surface area contributed by atoms with Gasteiger partial charge in [0, 0.05) is 36.4 Å². The summed E-state index contributed by atoms with van der Waals surface area (Å²) in [5.41, 5.74) is 4.64. The third-order valence-electron chi connectivity index (χ3n) is 5.38. The molecule has 2 aliphatic rings. The number of benzene rings is 2. The topological polar surface area (TPSA) is 40.6 Å². The second kappa shape index (κ2) is 6.94. The fourth-order valence-electron chi connectivity index (χ4n) is 3.90. The zero-order valence-electron chi connectivity index (χ0n) is 15.2. The number of aryl methyl sites for hydroxylation is 2. The van der Waals surface area contributed by atoms with Gasteiger partial charge in [-0.15, -0.1) is 0 Å². The summed E-state index contributed by atoms with van der Waals surface area (Å²) >= 11 is 0. The van der Waals surface area contributed by atoms with E-state index in [9.17, 15) is 9.59 Å². The van der Waals surface area contributed by atoms with Gasteiger partial charge in [0.05, 0.1) is 0 Å². The number of carbonyl (C=O) groups is 2. The number of nitrogens with zero attached hydrogens (tertiary/aromatic N) is 2. The van der Waals surface area contributed by atoms with Gasteiger partial charge in [0.15, 0.2) is 0 Å². The molecule has 2 amide bonds. The highest BCUT2D eigenvalue weighted by atomic mass is 16.2. The van der Waals surface area contributed by atoms with Crippen LogP contribution >= 0.6 is 0 Å². The summed E-state index contributed by atoms with van der Waals surface area (Å²) in [6, 6.07) is 13.5. The minimum Gasteiger partial charge on any atom is -0.339 e. The molecule has 0 aromatic heterocycles. The van der Waals surface area contributed by atoms with Gasteiger partial charge in [-0.1, -0.05) is 17.7 Å². The van der Waals surface area contributed by atoms with E-state index in [0.717, 1.165) is 67.7 Å². The molecule has 1 saturated heterocycles. The molecule has 0 unspecified atom stereocenters. The zero-order valence-corrected chi connectivity index (χ0v) is 15.2. The number of anilines is 1. The first-order chi connectivity index (χ1) is 12.6. The third kappa shape index (κ3) is 3.12. The molecule has 0 N–H and O–H groups in total. The van der Waals surface area contributed by atoms with Gasteiger partial charge in [0.2, 0.25) is 0 Å². The molecular weight excluding hydrogens is 324 g/mol. The summed E-state index contributed by atoms with van der Waals surface area (Å²) in [4.78, 5) is 29.4. The molecule has 0 bridgehead atoms. The Morgan fingerprint density at radius 2 is 1.50 bits per heavy atom. The monoisotopic (exact) mass is 348 g/mol. The average Bonchev–Trinajstić information content (AvgIpc) is 3.21. The molecule has 1 fully saturated rings. The summed E-state index contributed by atoms with van der Waals surface area (Å²) in [5, 5.41) is 0. The molecule has 134 valence electrons. The van der Waals surface area contributed by atoms with Crippen LogP contribution in [0.15, 0.2) is 42.5 Å². The van der Waals surface area contributed by atoms with Crippen molar-refractivity contribution in [3.8, 4) is 0 Å². The number of amides is 2. The molecule has 4 rings (SSSR count). The lowest BCUT2D eigenvalue weighted by molar-refractivity contribution is 0.0792. The number of likely N-dealkylation sites (tertiary alicyclic amines) is 1. The van der Waals surface area contributed by atoms with E-state index < -0.39 is 0 Å². The smallest absolute Gasteiger partial charge is 0.258 e. The Balaban J connectivity index is 1.61. The Labute approximate surface area is 154 Å². The van der Waals surface area contributed by atoms with Crippen LogP contribution in [0.5, 0.6) is 0 Å². The molecule has 2 heterocycles. The molecule has 4 nitrogen and oxygen atoms in total. The normalized spacial score (nSPS) is 16.5. The number of carbonyl (C=O) groups excluding carboxylic acids is 2. The molecule has 0 saturated carbocycles. The van der Waals surface area contributed by atoms with Gasteiger partial charge in [-0.2, -0.15) is 0 Å². The fourth-order valence-corrected chi connectivity index (χ4v) is 3.90. The maximum absolute atomic E-state index is 13.0. The first-order valence-electron chi connectivity index (χ1n) is 9.44. The number of rotatable bonds is 2. The van der Waals surface area contributed by atoms with Crippen molar-refractivity contribution in [2.24, 2.45) is 0 Å². The molecular formula is C22H24N2O2. The zero-order chi connectivity index (χ0) is 18.1. The van der Waals surface area contributed by atoms with Crippen LogP contribution in [0.25, 0.3) is 0 Å². The lowest BCUT2D eigenvalue weighted by Gasteiger charge is -2.30. The summed E-state index contributed by atoms with van der Waals surface area (Å²) in [6.45, 7) is 4.45. The van der Waals surface area contributed by atoms with Crippen molar-refractivity contribution < 1.29 is 9.59 Å². The van der Waals surface area contributed by atoms with Gasteiger partial charge < -0.3 is 9.80 Å². The van der Waals surface area contributed by atoms with Crippen molar-refractivity contribution in [3.63, 3.8) is 0 Å². The largest absolute Gasteiger partial charge is 0.339 e. The summed E-state index contributed by atoms with van der Waals surface area (Å²) in [7, 11) is 0. The Hall–Kier alpha value is -2.62. The van der Waals surface area contributed by atoms with E-state index in [2.05, 4.69) is 0 Å². The van der Waals surface area contributed by atoms with Crippen molar-refractivity contribution >= 4 is 17.5 Å². The predicted molar refractivity (Wildman–Crippen MR) is 103 cm³/mol. The quantitative estimate of drug-likeness (QED) is 0.828. The molecule has 0 atom stereocenters. The first-order valence-corrected chi connectivity index (χ1v) is 9.44. The molecule has 4 heteroatoms. The Kier molecular flexibility index (Phi) is 4.49. The molecule has 0 spiro atoms. The van der Waals surface area contributed by atoms with E-state index in [0.29, 0.717) is 5.56 Å². The van der Waals surface area contributed by atoms with E-state index in [4.69, 9.17) is 0 Å². The summed E-state index contributed by atoms with van der Waals surface area (Å²) in [6.07, 6.45) is 4.02. The maximum Gasteiger partial charge on any atom is 0.258 e. The highest BCUT2D eigenvalue weighted by Crippen LogP contribution is 2.30. The molecule has 2 aromatic carbocycles. The Morgan fingerprint density at radius 1 is 0.808 bits per heavy atom. The maximum atomic E-state index is 13.0. The highest BCUT2D eigenvalue weighted by molar-refractivity contribution is 6.07. The van der Waals surface area contributed by atoms with Crippen LogP contribution in [0.1, 0.15) is 51.1 Å². The summed E-state index contributed by atoms with van der Waals surface area (Å²) in [5.74, 6) is 0.150. The standard InChI is InChI=1S/C22H24N2O2/c1-16-6-8-17(9-7-16)22(26)24-14-4-5-18-15-19(10-11-20(18)24)21(25)23-12-2-3-13-23/h6-11,15H,2-5,12-14H2,1H3. The van der Waals surface area contributed by atoms with Crippen molar-refractivity contribution in [3.05, 3.63) is 64.7 Å². The van der Waals surface area contributed by atoms with E-state index in [1.54, 1.807) is 0 Å². The fraction of sp³-hybridized carbons (Fsp3) is 0.364. The molecule has 2 aromatic rings. The lowest BCUT2D eigenvalue weighted by Crippen LogP contribution is -2.35. The van der Waals surface area contributed by atoms with Gasteiger partial charge in [0.1, 0.15) is 0 Å². The second-order valence-electron chi connectivity index (χ2n) is 7.27. The van der Waals surface area contributed by atoms with Crippen LogP contribution in [-0.2, 0) is 6.42 Å². The molecule has 0 aliphatic carbocycles. The van der Waals surface area contributed by atoms with E-state index in [1.807, 2.05) is 59.2 Å². The van der Waals surface area contributed by atoms with E-state index in [-0.39, 0.29) is 11.8 Å². The minimum absolute atomic E-state index is 0.0320. The van der Waals surface area contributed by atoms with E-state index in [1.165, 1.54) is 0 Å². The van der Waals surface area contributed by atoms with Gasteiger partial charge in [-0.05, 0) is 68.5 Å². The minimum atomic E-state index is 0.0320. The van der Waals surface area contributed by atoms with Crippen LogP contribution < -0.4 is 4.90 Å². The predicted octanol–water partition coefficient (Wildman–Crippen LogP) is 3.82. The van der Waals surface area contributed by atoms with Gasteiger partial charge in [-0.3, -0.25) is 9.59 Å². The van der Waals surface area contributed by atoms with Gasteiger partial charge in [0.25, 0.3) is 11.8 Å². The van der Waals surface area contributed by atoms with Crippen LogP contribution in [0.4, 0.5) is 5.69 Å². The Bertz CT molecular complexity index is 836. The van der Waals surface area contributed by atoms with Crippen molar-refractivity contribution in [1.29, 1.82) is 0 Å². The number of hydrogen-bond donors (Lipinski definition) is 0. The van der Waals surface area contributed by atoms with Crippen LogP contribution in [-0.4, -0.2) is 36.3 Å². The van der Waals surface area contributed by atoms with Gasteiger partial charge >= 0.3 is 0 Å². The highest BCUT2D eigenvalue weighted by Gasteiger charge is 2.26. The van der Waals surface area contributed by atoms with Gasteiger partial charge in [-0.25, -0.2) is 0 Å². The first kappa shape index (κ1) is 16.8. The number of fused-ring (bicyclic) bond motifs is 1. The van der Waals surface area contributed by atoms with Crippen LogP contribution in [0.3, 0.4) is 0 Å². The third-order valence-corrected chi connectivity index (χ3v) is 5.38. The second-order valence-corrected chi connectivity index (χ2v) is 7.27. The Morgan fingerprint density at radius 3 is 2.23 bits per heavy atom. The molecule has 2 aliphatic heterocycles. The summed E-state index contributed by atoms with van der Waals surface area (Å²) < 4.78 is 0.